The van der Waals surface area contributed by atoms with E-state index in [-0.39, 0.29) is 5.54 Å². The second-order valence-corrected chi connectivity index (χ2v) is 5.20. The van der Waals surface area contributed by atoms with Crippen molar-refractivity contribution in [2.24, 2.45) is 5.73 Å². The lowest BCUT2D eigenvalue weighted by Gasteiger charge is -2.37. The summed E-state index contributed by atoms with van der Waals surface area (Å²) in [6, 6.07) is 0.655. The van der Waals surface area contributed by atoms with Crippen molar-refractivity contribution < 1.29 is 4.74 Å². The van der Waals surface area contributed by atoms with Crippen LogP contribution in [-0.4, -0.2) is 30.8 Å². The van der Waals surface area contributed by atoms with Crippen molar-refractivity contribution >= 4 is 0 Å². The first-order chi connectivity index (χ1) is 7.22. The van der Waals surface area contributed by atoms with Gasteiger partial charge in [0.25, 0.3) is 0 Å². The van der Waals surface area contributed by atoms with Crippen LogP contribution in [0.15, 0.2) is 0 Å². The Balaban J connectivity index is 1.59. The molecule has 0 aromatic rings. The molecule has 0 bridgehead atoms. The topological polar surface area (TPSA) is 47.3 Å². The standard InChI is InChI=1S/C12H24N2O/c1-2-15-11-7-10(8-11)14-9-12(13)5-3-4-6-12/h10-11,14H,2-9,13H2,1H3. The molecule has 2 rings (SSSR count). The highest BCUT2D eigenvalue weighted by molar-refractivity contribution is 4.94. The van der Waals surface area contributed by atoms with Crippen molar-refractivity contribution in [3.05, 3.63) is 0 Å². The van der Waals surface area contributed by atoms with Crippen LogP contribution in [0, 0.1) is 0 Å². The first-order valence-corrected chi connectivity index (χ1v) is 6.36. The summed E-state index contributed by atoms with van der Waals surface area (Å²) in [7, 11) is 0. The molecule has 3 heteroatoms. The smallest absolute Gasteiger partial charge is 0.0604 e. The second-order valence-electron chi connectivity index (χ2n) is 5.20. The first kappa shape index (κ1) is 11.4. The Hall–Kier alpha value is -0.120. The molecule has 0 saturated heterocycles. The summed E-state index contributed by atoms with van der Waals surface area (Å²) in [4.78, 5) is 0. The lowest BCUT2D eigenvalue weighted by Crippen LogP contribution is -2.53. The van der Waals surface area contributed by atoms with Crippen molar-refractivity contribution in [1.82, 2.24) is 5.32 Å². The minimum atomic E-state index is 0.0939. The Bertz CT molecular complexity index is 196. The normalized spacial score (nSPS) is 34.0. The largest absolute Gasteiger partial charge is 0.378 e. The first-order valence-electron chi connectivity index (χ1n) is 6.36. The molecule has 0 amide bonds. The van der Waals surface area contributed by atoms with Gasteiger partial charge in [0, 0.05) is 24.7 Å². The van der Waals surface area contributed by atoms with Gasteiger partial charge in [-0.2, -0.15) is 0 Å². The second kappa shape index (κ2) is 4.81. The zero-order valence-electron chi connectivity index (χ0n) is 9.80. The molecule has 0 spiro atoms. The van der Waals surface area contributed by atoms with Gasteiger partial charge in [0.1, 0.15) is 0 Å². The third-order valence-corrected chi connectivity index (χ3v) is 3.84. The zero-order valence-corrected chi connectivity index (χ0v) is 9.80. The van der Waals surface area contributed by atoms with Gasteiger partial charge >= 0.3 is 0 Å². The zero-order chi connectivity index (χ0) is 10.7. The molecular weight excluding hydrogens is 188 g/mol. The van der Waals surface area contributed by atoms with Crippen LogP contribution in [0.1, 0.15) is 45.4 Å². The average Bonchev–Trinajstić information content (AvgIpc) is 2.57. The summed E-state index contributed by atoms with van der Waals surface area (Å²) in [6.45, 7) is 3.91. The molecule has 0 unspecified atom stereocenters. The lowest BCUT2D eigenvalue weighted by atomic mass is 9.88. The Labute approximate surface area is 92.7 Å². The molecule has 0 radical (unpaired) electrons. The molecule has 0 aliphatic heterocycles. The summed E-state index contributed by atoms with van der Waals surface area (Å²) in [5.74, 6) is 0. The van der Waals surface area contributed by atoms with E-state index in [0.29, 0.717) is 12.1 Å². The molecule has 2 saturated carbocycles. The summed E-state index contributed by atoms with van der Waals surface area (Å²) in [5, 5.41) is 3.58. The molecule has 3 nitrogen and oxygen atoms in total. The van der Waals surface area contributed by atoms with Crippen LogP contribution in [0.25, 0.3) is 0 Å². The predicted molar refractivity (Wildman–Crippen MR) is 61.8 cm³/mol. The molecule has 2 aliphatic rings. The van der Waals surface area contributed by atoms with E-state index >= 15 is 0 Å². The van der Waals surface area contributed by atoms with Crippen LogP contribution < -0.4 is 11.1 Å². The van der Waals surface area contributed by atoms with E-state index < -0.39 is 0 Å². The van der Waals surface area contributed by atoms with Gasteiger partial charge < -0.3 is 15.8 Å². The molecule has 15 heavy (non-hydrogen) atoms. The summed E-state index contributed by atoms with van der Waals surface area (Å²) in [6.07, 6.45) is 7.86. The van der Waals surface area contributed by atoms with E-state index in [1.165, 1.54) is 38.5 Å². The van der Waals surface area contributed by atoms with E-state index in [0.717, 1.165) is 13.2 Å². The third kappa shape index (κ3) is 2.92. The van der Waals surface area contributed by atoms with E-state index in [1.807, 2.05) is 0 Å². The van der Waals surface area contributed by atoms with Crippen LogP contribution >= 0.6 is 0 Å². The SMILES string of the molecule is CCOC1CC(NCC2(N)CCCC2)C1. The number of hydrogen-bond donors (Lipinski definition) is 2. The van der Waals surface area contributed by atoms with Crippen LogP contribution in [0.5, 0.6) is 0 Å². The molecule has 2 aliphatic carbocycles. The van der Waals surface area contributed by atoms with Crippen molar-refractivity contribution in [2.75, 3.05) is 13.2 Å². The lowest BCUT2D eigenvalue weighted by molar-refractivity contribution is -0.0109. The maximum Gasteiger partial charge on any atom is 0.0604 e. The van der Waals surface area contributed by atoms with Crippen LogP contribution in [0.2, 0.25) is 0 Å². The fraction of sp³-hybridized carbons (Fsp3) is 1.00. The predicted octanol–water partition coefficient (Wildman–Crippen LogP) is 1.41. The number of ether oxygens (including phenoxy) is 1. The van der Waals surface area contributed by atoms with Gasteiger partial charge in [-0.25, -0.2) is 0 Å². The van der Waals surface area contributed by atoms with Gasteiger partial charge in [-0.05, 0) is 32.6 Å². The van der Waals surface area contributed by atoms with Crippen LogP contribution in [0.4, 0.5) is 0 Å². The minimum Gasteiger partial charge on any atom is -0.378 e. The molecule has 2 fully saturated rings. The van der Waals surface area contributed by atoms with Gasteiger partial charge in [-0.15, -0.1) is 0 Å². The molecular formula is C12H24N2O. The van der Waals surface area contributed by atoms with Crippen molar-refractivity contribution in [3.63, 3.8) is 0 Å². The van der Waals surface area contributed by atoms with E-state index in [1.54, 1.807) is 0 Å². The van der Waals surface area contributed by atoms with Crippen LogP contribution in [-0.2, 0) is 4.74 Å². The molecule has 88 valence electrons. The summed E-state index contributed by atoms with van der Waals surface area (Å²) in [5.41, 5.74) is 6.38. The number of rotatable bonds is 5. The van der Waals surface area contributed by atoms with E-state index in [2.05, 4.69) is 12.2 Å². The molecule has 0 heterocycles. The number of nitrogens with one attached hydrogen (secondary N) is 1. The van der Waals surface area contributed by atoms with Crippen molar-refractivity contribution in [1.29, 1.82) is 0 Å². The maximum atomic E-state index is 6.29. The van der Waals surface area contributed by atoms with Gasteiger partial charge in [-0.1, -0.05) is 12.8 Å². The highest BCUT2D eigenvalue weighted by Crippen LogP contribution is 2.28. The van der Waals surface area contributed by atoms with Gasteiger partial charge in [0.05, 0.1) is 6.10 Å². The quantitative estimate of drug-likeness (QED) is 0.724. The van der Waals surface area contributed by atoms with Crippen LogP contribution in [0.3, 0.4) is 0 Å². The van der Waals surface area contributed by atoms with Crippen molar-refractivity contribution in [3.8, 4) is 0 Å². The molecule has 0 aromatic carbocycles. The Morgan fingerprint density at radius 1 is 1.33 bits per heavy atom. The fourth-order valence-corrected chi connectivity index (χ4v) is 2.71. The summed E-state index contributed by atoms with van der Waals surface area (Å²) >= 11 is 0. The van der Waals surface area contributed by atoms with E-state index in [4.69, 9.17) is 10.5 Å². The van der Waals surface area contributed by atoms with Crippen molar-refractivity contribution in [2.45, 2.75) is 63.1 Å². The third-order valence-electron chi connectivity index (χ3n) is 3.84. The highest BCUT2D eigenvalue weighted by atomic mass is 16.5. The Morgan fingerprint density at radius 2 is 2.00 bits per heavy atom. The number of hydrogen-bond acceptors (Lipinski definition) is 3. The van der Waals surface area contributed by atoms with E-state index in [9.17, 15) is 0 Å². The molecule has 3 N–H and O–H groups in total. The highest BCUT2D eigenvalue weighted by Gasteiger charge is 2.33. The average molecular weight is 212 g/mol. The minimum absolute atomic E-state index is 0.0939. The Kier molecular flexibility index (Phi) is 3.65. The van der Waals surface area contributed by atoms with Gasteiger partial charge in [-0.3, -0.25) is 0 Å². The molecule has 0 atom stereocenters. The monoisotopic (exact) mass is 212 g/mol. The Morgan fingerprint density at radius 3 is 2.60 bits per heavy atom. The maximum absolute atomic E-state index is 6.29. The van der Waals surface area contributed by atoms with Gasteiger partial charge in [0.2, 0.25) is 0 Å². The number of nitrogens with two attached hydrogens (primary N) is 1. The fourth-order valence-electron chi connectivity index (χ4n) is 2.71. The summed E-state index contributed by atoms with van der Waals surface area (Å²) < 4.78 is 5.53. The van der Waals surface area contributed by atoms with Gasteiger partial charge in [0.15, 0.2) is 0 Å². The molecule has 0 aromatic heterocycles.